The van der Waals surface area contributed by atoms with E-state index in [1.165, 1.54) is 24.3 Å². The molecule has 6 rings (SSSR count). The molecule has 45 heavy (non-hydrogen) atoms. The second kappa shape index (κ2) is 12.6. The lowest BCUT2D eigenvalue weighted by molar-refractivity contribution is -0.128. The van der Waals surface area contributed by atoms with Crippen LogP contribution >= 0.6 is 0 Å². The van der Waals surface area contributed by atoms with E-state index in [-0.39, 0.29) is 41.7 Å². The number of hydrogen-bond acceptors (Lipinski definition) is 7. The first-order chi connectivity index (χ1) is 21.6. The molecule has 3 atom stereocenters. The summed E-state index contributed by atoms with van der Waals surface area (Å²) in [5, 5.41) is 11.5. The molecule has 1 amide bonds. The summed E-state index contributed by atoms with van der Waals surface area (Å²) in [5.41, 5.74) is 1.45. The Morgan fingerprint density at radius 2 is 1.96 bits per heavy atom. The van der Waals surface area contributed by atoms with E-state index < -0.39 is 17.5 Å². The van der Waals surface area contributed by atoms with Crippen LogP contribution in [0, 0.1) is 5.82 Å². The van der Waals surface area contributed by atoms with Crippen molar-refractivity contribution in [2.45, 2.75) is 59.3 Å². The van der Waals surface area contributed by atoms with E-state index >= 15 is 4.39 Å². The second-order valence-electron chi connectivity index (χ2n) is 11.3. The lowest BCUT2D eigenvalue weighted by Gasteiger charge is -2.45. The molecule has 1 N–H and O–H groups in total. The molecule has 11 heteroatoms. The third-order valence-corrected chi connectivity index (χ3v) is 8.33. The fourth-order valence-electron chi connectivity index (χ4n) is 6.27. The number of hydrogen-bond donors (Lipinski definition) is 1. The van der Waals surface area contributed by atoms with Gasteiger partial charge in [0, 0.05) is 55.1 Å². The number of benzene rings is 2. The fourth-order valence-corrected chi connectivity index (χ4v) is 6.27. The third-order valence-electron chi connectivity index (χ3n) is 8.33. The molecule has 1 fully saturated rings. The Morgan fingerprint density at radius 3 is 2.60 bits per heavy atom. The summed E-state index contributed by atoms with van der Waals surface area (Å²) in [6.07, 6.45) is 6.44. The molecule has 0 unspecified atom stereocenters. The zero-order valence-corrected chi connectivity index (χ0v) is 26.3. The van der Waals surface area contributed by atoms with Crippen molar-refractivity contribution >= 4 is 28.2 Å². The topological polar surface area (TPSA) is 106 Å². The minimum Gasteiger partial charge on any atom is -0.507 e. The zero-order chi connectivity index (χ0) is 32.6. The maximum atomic E-state index is 15.4. The van der Waals surface area contributed by atoms with E-state index in [2.05, 4.69) is 23.1 Å². The molecule has 4 heterocycles. The normalized spacial score (nSPS) is 19.0. The highest BCUT2D eigenvalue weighted by Gasteiger charge is 2.37. The number of anilines is 1. The summed E-state index contributed by atoms with van der Waals surface area (Å²) in [7, 11) is 0. The summed E-state index contributed by atoms with van der Waals surface area (Å²) in [6, 6.07) is 5.19. The van der Waals surface area contributed by atoms with E-state index in [1.807, 2.05) is 43.2 Å². The van der Waals surface area contributed by atoms with Crippen molar-refractivity contribution in [1.82, 2.24) is 24.0 Å². The second-order valence-corrected chi connectivity index (χ2v) is 11.3. The number of allylic oxidation sites excluding steroid dienone is 1. The molecular formula is C34H39FN6O4. The van der Waals surface area contributed by atoms with Crippen LogP contribution in [0.5, 0.6) is 11.5 Å². The van der Waals surface area contributed by atoms with Gasteiger partial charge in [-0.3, -0.25) is 9.36 Å². The number of rotatable bonds is 6. The van der Waals surface area contributed by atoms with Crippen LogP contribution in [0.2, 0.25) is 0 Å². The van der Waals surface area contributed by atoms with Gasteiger partial charge in [0.05, 0.1) is 23.4 Å². The van der Waals surface area contributed by atoms with Crippen molar-refractivity contribution in [3.63, 3.8) is 0 Å². The standard InChI is InChI=1S/C32H33FN6O4.C2H6/c1-6-26(41)37-13-20(5)38(14-19(37)4)31-23-12-22(18(2)3)27(28-24(33)8-7-9-25(28)40)30-29(23)39(32(42)35-31)21(16-43-30)15-36-11-10-34-17-36;1-2/h6-12,17,19-21,40H,1-2,13-16H2,3-5H3;1-2H3/t19-,20+,21+;/m1./s1. The Bertz CT molecular complexity index is 1810. The number of ether oxygens (including phenoxy) is 1. The molecule has 2 aromatic heterocycles. The quantitative estimate of drug-likeness (QED) is 0.290. The van der Waals surface area contributed by atoms with Crippen molar-refractivity contribution in [2.24, 2.45) is 0 Å². The van der Waals surface area contributed by atoms with Crippen LogP contribution in [-0.2, 0) is 11.3 Å². The largest absolute Gasteiger partial charge is 0.507 e. The van der Waals surface area contributed by atoms with Gasteiger partial charge in [0.25, 0.3) is 0 Å². The minimum atomic E-state index is -0.629. The van der Waals surface area contributed by atoms with E-state index in [1.54, 1.807) is 35.1 Å². The van der Waals surface area contributed by atoms with Gasteiger partial charge < -0.3 is 24.2 Å². The molecule has 10 nitrogen and oxygen atoms in total. The van der Waals surface area contributed by atoms with Gasteiger partial charge in [0.1, 0.15) is 24.0 Å². The highest BCUT2D eigenvalue weighted by molar-refractivity contribution is 6.04. The molecule has 0 bridgehead atoms. The van der Waals surface area contributed by atoms with Crippen LogP contribution in [0.25, 0.3) is 27.6 Å². The van der Waals surface area contributed by atoms with E-state index in [9.17, 15) is 14.7 Å². The molecule has 236 valence electrons. The summed E-state index contributed by atoms with van der Waals surface area (Å²) in [4.78, 5) is 39.1. The predicted molar refractivity (Wildman–Crippen MR) is 174 cm³/mol. The Hall–Kier alpha value is -4.93. The van der Waals surface area contributed by atoms with Gasteiger partial charge in [-0.05, 0) is 50.6 Å². The average molecular weight is 615 g/mol. The molecule has 2 aliphatic heterocycles. The summed E-state index contributed by atoms with van der Waals surface area (Å²) in [6.45, 7) is 18.9. The number of piperazine rings is 1. The van der Waals surface area contributed by atoms with Crippen LogP contribution in [0.15, 0.2) is 67.0 Å². The van der Waals surface area contributed by atoms with Crippen LogP contribution in [0.4, 0.5) is 10.2 Å². The molecule has 2 aromatic carbocycles. The number of carbonyl (C=O) groups is 1. The SMILES string of the molecule is C=CC(=O)N1C[C@H](C)N(c2nc(=O)n3c4c(c(-c5c(O)cccc5F)c(C(=C)C)cc24)OC[C@@H]3Cn2ccnc2)C[C@H]1C.CC. The van der Waals surface area contributed by atoms with E-state index in [0.29, 0.717) is 53.1 Å². The third kappa shape index (κ3) is 5.47. The van der Waals surface area contributed by atoms with Gasteiger partial charge >= 0.3 is 5.69 Å². The summed E-state index contributed by atoms with van der Waals surface area (Å²) >= 11 is 0. The Balaban J connectivity index is 0.00000196. The number of aromatic hydroxyl groups is 1. The first-order valence-electron chi connectivity index (χ1n) is 15.2. The number of aromatic nitrogens is 4. The minimum absolute atomic E-state index is 0.0265. The Labute approximate surface area is 261 Å². The van der Waals surface area contributed by atoms with Crippen LogP contribution in [0.1, 0.15) is 46.2 Å². The number of phenols is 1. The Morgan fingerprint density at radius 1 is 1.20 bits per heavy atom. The summed E-state index contributed by atoms with van der Waals surface area (Å²) < 4.78 is 25.3. The number of imidazole rings is 1. The van der Waals surface area contributed by atoms with Gasteiger partial charge in [-0.2, -0.15) is 4.98 Å². The van der Waals surface area contributed by atoms with Gasteiger partial charge in [-0.1, -0.05) is 38.6 Å². The predicted octanol–water partition coefficient (Wildman–Crippen LogP) is 5.41. The van der Waals surface area contributed by atoms with Crippen molar-refractivity contribution in [2.75, 3.05) is 24.6 Å². The monoisotopic (exact) mass is 614 g/mol. The molecule has 0 saturated carbocycles. The maximum Gasteiger partial charge on any atom is 0.350 e. The van der Waals surface area contributed by atoms with Gasteiger partial charge in [-0.15, -0.1) is 0 Å². The molecule has 0 spiro atoms. The molecule has 4 aromatic rings. The lowest BCUT2D eigenvalue weighted by Crippen LogP contribution is -2.58. The molecule has 0 radical (unpaired) electrons. The van der Waals surface area contributed by atoms with Crippen LogP contribution < -0.4 is 15.3 Å². The zero-order valence-electron chi connectivity index (χ0n) is 26.3. The highest BCUT2D eigenvalue weighted by Crippen LogP contribution is 2.49. The van der Waals surface area contributed by atoms with Crippen molar-refractivity contribution in [3.05, 3.63) is 84.1 Å². The molecule has 0 aliphatic carbocycles. The average Bonchev–Trinajstić information content (AvgIpc) is 3.54. The Kier molecular flexibility index (Phi) is 8.81. The first kappa shape index (κ1) is 31.5. The van der Waals surface area contributed by atoms with E-state index in [0.717, 1.165) is 0 Å². The van der Waals surface area contributed by atoms with Gasteiger partial charge in [0.15, 0.2) is 5.75 Å². The fraction of sp³-hybridized carbons (Fsp3) is 0.353. The number of halogens is 1. The van der Waals surface area contributed by atoms with Gasteiger partial charge in [0.2, 0.25) is 5.91 Å². The lowest BCUT2D eigenvalue weighted by atomic mass is 9.90. The molecule has 2 aliphatic rings. The number of nitrogens with zero attached hydrogens (tertiary/aromatic N) is 6. The number of carbonyl (C=O) groups excluding carboxylic acids is 1. The van der Waals surface area contributed by atoms with Gasteiger partial charge in [-0.25, -0.2) is 14.2 Å². The molecular weight excluding hydrogens is 575 g/mol. The van der Waals surface area contributed by atoms with Crippen LogP contribution in [-0.4, -0.2) is 66.8 Å². The number of phenolic OH excluding ortho intramolecular Hbond substituents is 1. The maximum absolute atomic E-state index is 15.4. The summed E-state index contributed by atoms with van der Waals surface area (Å²) in [5.74, 6) is -0.314. The van der Waals surface area contributed by atoms with Crippen molar-refractivity contribution < 1.29 is 19.0 Å². The highest BCUT2D eigenvalue weighted by atomic mass is 19.1. The molecule has 1 saturated heterocycles. The number of amides is 1. The van der Waals surface area contributed by atoms with Crippen molar-refractivity contribution in [3.8, 4) is 22.6 Å². The smallest absolute Gasteiger partial charge is 0.350 e. The first-order valence-corrected chi connectivity index (χ1v) is 15.2. The van der Waals surface area contributed by atoms with Crippen LogP contribution in [0.3, 0.4) is 0 Å². The van der Waals surface area contributed by atoms with E-state index in [4.69, 9.17) is 4.74 Å². The van der Waals surface area contributed by atoms with Crippen molar-refractivity contribution in [1.29, 1.82) is 0 Å².